The third-order valence-electron chi connectivity index (χ3n) is 1.93. The number of aromatic nitrogens is 3. The molecule has 0 bridgehead atoms. The molecule has 2 heterocycles. The molecular weight excluding hydrogens is 206 g/mol. The van der Waals surface area contributed by atoms with Gasteiger partial charge in [-0.1, -0.05) is 0 Å². The number of hydrogen-bond donors (Lipinski definition) is 2. The summed E-state index contributed by atoms with van der Waals surface area (Å²) in [5, 5.41) is 3.01. The number of ether oxygens (including phenoxy) is 1. The lowest BCUT2D eigenvalue weighted by Gasteiger charge is -2.06. The van der Waals surface area contributed by atoms with Crippen molar-refractivity contribution in [3.63, 3.8) is 0 Å². The van der Waals surface area contributed by atoms with Gasteiger partial charge in [-0.05, 0) is 6.07 Å². The molecule has 0 saturated carbocycles. The minimum atomic E-state index is 0.346. The smallest absolute Gasteiger partial charge is 0.213 e. The molecule has 6 heteroatoms. The molecule has 0 amide bonds. The first-order valence-corrected chi connectivity index (χ1v) is 4.63. The largest absolute Gasteiger partial charge is 0.481 e. The summed E-state index contributed by atoms with van der Waals surface area (Å²) in [5.41, 5.74) is 6.41. The Hall–Kier alpha value is -2.37. The topological polar surface area (TPSA) is 86.0 Å². The van der Waals surface area contributed by atoms with Crippen molar-refractivity contribution in [3.05, 3.63) is 30.7 Å². The van der Waals surface area contributed by atoms with Gasteiger partial charge < -0.3 is 15.8 Å². The van der Waals surface area contributed by atoms with Crippen LogP contribution in [0.3, 0.4) is 0 Å². The number of nitrogens with zero attached hydrogens (tertiary/aromatic N) is 3. The molecule has 16 heavy (non-hydrogen) atoms. The van der Waals surface area contributed by atoms with Crippen LogP contribution in [0.4, 0.5) is 17.3 Å². The van der Waals surface area contributed by atoms with E-state index < -0.39 is 0 Å². The van der Waals surface area contributed by atoms with Crippen LogP contribution >= 0.6 is 0 Å². The molecule has 0 aliphatic carbocycles. The van der Waals surface area contributed by atoms with E-state index in [1.165, 1.54) is 6.20 Å². The van der Waals surface area contributed by atoms with E-state index in [0.717, 1.165) is 5.69 Å². The highest BCUT2D eigenvalue weighted by Crippen LogP contribution is 2.18. The van der Waals surface area contributed by atoms with Gasteiger partial charge in [-0.25, -0.2) is 15.0 Å². The SMILES string of the molecule is COc1ccc(Nc2nccnc2N)cn1. The molecular formula is C10H11N5O. The van der Waals surface area contributed by atoms with Crippen LogP contribution in [0.15, 0.2) is 30.7 Å². The molecule has 2 aromatic heterocycles. The van der Waals surface area contributed by atoms with Crippen molar-refractivity contribution in [2.45, 2.75) is 0 Å². The van der Waals surface area contributed by atoms with Crippen molar-refractivity contribution in [2.24, 2.45) is 0 Å². The lowest BCUT2D eigenvalue weighted by molar-refractivity contribution is 0.398. The van der Waals surface area contributed by atoms with Crippen LogP contribution in [-0.4, -0.2) is 22.1 Å². The van der Waals surface area contributed by atoms with Gasteiger partial charge in [-0.15, -0.1) is 0 Å². The molecule has 82 valence electrons. The Morgan fingerprint density at radius 1 is 1.19 bits per heavy atom. The number of nitrogens with two attached hydrogens (primary N) is 1. The van der Waals surface area contributed by atoms with Gasteiger partial charge in [0, 0.05) is 18.5 Å². The zero-order chi connectivity index (χ0) is 11.4. The highest BCUT2D eigenvalue weighted by Gasteiger charge is 2.01. The van der Waals surface area contributed by atoms with Gasteiger partial charge in [0.2, 0.25) is 5.88 Å². The summed E-state index contributed by atoms with van der Waals surface area (Å²) >= 11 is 0. The van der Waals surface area contributed by atoms with Crippen LogP contribution in [0, 0.1) is 0 Å². The van der Waals surface area contributed by atoms with Gasteiger partial charge in [0.15, 0.2) is 11.6 Å². The summed E-state index contributed by atoms with van der Waals surface area (Å²) < 4.78 is 4.95. The first-order chi connectivity index (χ1) is 7.79. The number of anilines is 3. The predicted octanol–water partition coefficient (Wildman–Crippen LogP) is 1.21. The number of hydrogen-bond acceptors (Lipinski definition) is 6. The third-order valence-corrected chi connectivity index (χ3v) is 1.93. The quantitative estimate of drug-likeness (QED) is 0.803. The van der Waals surface area contributed by atoms with E-state index in [1.807, 2.05) is 6.07 Å². The summed E-state index contributed by atoms with van der Waals surface area (Å²) in [7, 11) is 1.57. The lowest BCUT2D eigenvalue weighted by Crippen LogP contribution is -2.01. The molecule has 0 aliphatic heterocycles. The van der Waals surface area contributed by atoms with Crippen LogP contribution in [-0.2, 0) is 0 Å². The molecule has 0 radical (unpaired) electrons. The number of nitrogen functional groups attached to an aromatic ring is 1. The van der Waals surface area contributed by atoms with Crippen molar-refractivity contribution in [3.8, 4) is 5.88 Å². The Morgan fingerprint density at radius 3 is 2.62 bits per heavy atom. The van der Waals surface area contributed by atoms with Gasteiger partial charge in [0.1, 0.15) is 0 Å². The van der Waals surface area contributed by atoms with Crippen molar-refractivity contribution in [1.82, 2.24) is 15.0 Å². The number of methoxy groups -OCH3 is 1. The third kappa shape index (κ3) is 2.17. The first-order valence-electron chi connectivity index (χ1n) is 4.63. The van der Waals surface area contributed by atoms with Crippen LogP contribution in [0.5, 0.6) is 5.88 Å². The van der Waals surface area contributed by atoms with E-state index in [1.54, 1.807) is 25.6 Å². The van der Waals surface area contributed by atoms with Gasteiger partial charge in [0.05, 0.1) is 19.0 Å². The van der Waals surface area contributed by atoms with Crippen LogP contribution in [0.25, 0.3) is 0 Å². The minimum absolute atomic E-state index is 0.346. The van der Waals surface area contributed by atoms with Crippen LogP contribution in [0.1, 0.15) is 0 Å². The maximum atomic E-state index is 5.64. The van der Waals surface area contributed by atoms with Gasteiger partial charge in [-0.2, -0.15) is 0 Å². The molecule has 0 spiro atoms. The summed E-state index contributed by atoms with van der Waals surface area (Å²) in [6, 6.07) is 3.56. The average Bonchev–Trinajstić information content (AvgIpc) is 2.33. The number of pyridine rings is 1. The summed E-state index contributed by atoms with van der Waals surface area (Å²) in [4.78, 5) is 12.0. The molecule has 0 fully saturated rings. The Labute approximate surface area is 92.5 Å². The molecule has 0 aliphatic rings. The van der Waals surface area contributed by atoms with E-state index in [4.69, 9.17) is 10.5 Å². The zero-order valence-corrected chi connectivity index (χ0v) is 8.71. The van der Waals surface area contributed by atoms with E-state index in [-0.39, 0.29) is 0 Å². The molecule has 0 unspecified atom stereocenters. The summed E-state index contributed by atoms with van der Waals surface area (Å²) in [6.07, 6.45) is 4.73. The lowest BCUT2D eigenvalue weighted by atomic mass is 10.4. The van der Waals surface area contributed by atoms with E-state index in [2.05, 4.69) is 20.3 Å². The molecule has 0 atom stereocenters. The number of nitrogens with one attached hydrogen (secondary N) is 1. The summed E-state index contributed by atoms with van der Waals surface area (Å²) in [5.74, 6) is 1.41. The fraction of sp³-hybridized carbons (Fsp3) is 0.100. The standard InChI is InChI=1S/C10H11N5O/c1-16-8-3-2-7(6-14-8)15-10-9(11)12-4-5-13-10/h2-6H,1H3,(H2,11,12)(H,13,15). The highest BCUT2D eigenvalue weighted by atomic mass is 16.5. The fourth-order valence-electron chi connectivity index (χ4n) is 1.16. The van der Waals surface area contributed by atoms with Gasteiger partial charge >= 0.3 is 0 Å². The molecule has 0 saturated heterocycles. The maximum Gasteiger partial charge on any atom is 0.213 e. The molecule has 6 nitrogen and oxygen atoms in total. The zero-order valence-electron chi connectivity index (χ0n) is 8.71. The number of rotatable bonds is 3. The van der Waals surface area contributed by atoms with Crippen molar-refractivity contribution in [2.75, 3.05) is 18.2 Å². The second-order valence-electron chi connectivity index (χ2n) is 3.00. The molecule has 2 rings (SSSR count). The van der Waals surface area contributed by atoms with Gasteiger partial charge in [0.25, 0.3) is 0 Å². The Balaban J connectivity index is 2.18. The molecule has 0 aromatic carbocycles. The Kier molecular flexibility index (Phi) is 2.81. The maximum absolute atomic E-state index is 5.64. The monoisotopic (exact) mass is 217 g/mol. The van der Waals surface area contributed by atoms with Gasteiger partial charge in [-0.3, -0.25) is 0 Å². The second kappa shape index (κ2) is 4.43. The average molecular weight is 217 g/mol. The van der Waals surface area contributed by atoms with Crippen molar-refractivity contribution >= 4 is 17.3 Å². The van der Waals surface area contributed by atoms with Crippen LogP contribution < -0.4 is 15.8 Å². The Morgan fingerprint density at radius 2 is 2.00 bits per heavy atom. The normalized spacial score (nSPS) is 9.81. The predicted molar refractivity (Wildman–Crippen MR) is 60.5 cm³/mol. The second-order valence-corrected chi connectivity index (χ2v) is 3.00. The van der Waals surface area contributed by atoms with Crippen molar-refractivity contribution in [1.29, 1.82) is 0 Å². The first kappa shape index (κ1) is 10.2. The van der Waals surface area contributed by atoms with E-state index in [0.29, 0.717) is 17.5 Å². The van der Waals surface area contributed by atoms with E-state index >= 15 is 0 Å². The Bertz CT molecular complexity index is 471. The molecule has 3 N–H and O–H groups in total. The van der Waals surface area contributed by atoms with Crippen molar-refractivity contribution < 1.29 is 4.74 Å². The highest BCUT2D eigenvalue weighted by molar-refractivity contribution is 5.64. The fourth-order valence-corrected chi connectivity index (χ4v) is 1.16. The van der Waals surface area contributed by atoms with E-state index in [9.17, 15) is 0 Å². The summed E-state index contributed by atoms with van der Waals surface area (Å²) in [6.45, 7) is 0. The minimum Gasteiger partial charge on any atom is -0.481 e. The molecule has 2 aromatic rings. The van der Waals surface area contributed by atoms with Crippen LogP contribution in [0.2, 0.25) is 0 Å².